The maximum Gasteiger partial charge on any atom is 0.380 e. The van der Waals surface area contributed by atoms with Crippen molar-refractivity contribution >= 4 is 33.2 Å². The molecule has 140 valence electrons. The minimum Gasteiger partial charge on any atom is -0.371 e. The van der Waals surface area contributed by atoms with Gasteiger partial charge in [-0.3, -0.25) is 4.79 Å². The third-order valence-electron chi connectivity index (χ3n) is 3.82. The van der Waals surface area contributed by atoms with Crippen molar-refractivity contribution in [2.24, 2.45) is 5.14 Å². The van der Waals surface area contributed by atoms with Crippen molar-refractivity contribution < 1.29 is 17.4 Å². The fourth-order valence-electron chi connectivity index (χ4n) is 2.51. The predicted molar refractivity (Wildman–Crippen MR) is 105 cm³/mol. The maximum absolute atomic E-state index is 12.7. The first-order chi connectivity index (χ1) is 12.7. The summed E-state index contributed by atoms with van der Waals surface area (Å²) in [7, 11) is -2.35. The van der Waals surface area contributed by atoms with E-state index in [4.69, 9.17) is 5.14 Å². The number of para-hydroxylation sites is 1. The van der Waals surface area contributed by atoms with Crippen molar-refractivity contribution in [3.63, 3.8) is 0 Å². The van der Waals surface area contributed by atoms with Gasteiger partial charge in [-0.15, -0.1) is 11.3 Å². The highest BCUT2D eigenvalue weighted by atomic mass is 32.2. The van der Waals surface area contributed by atoms with E-state index in [1.54, 1.807) is 29.5 Å². The number of nitrogens with zero attached hydrogens (tertiary/aromatic N) is 2. The SMILES string of the molecule is Cc1ccccc1N(C)C(=O)c1csc(-c2ccc(OS(N)(=O)=O)cc2)n1. The molecule has 3 rings (SSSR count). The molecule has 0 aliphatic rings. The van der Waals surface area contributed by atoms with E-state index in [1.807, 2.05) is 31.2 Å². The molecular formula is C18H17N3O4S2. The van der Waals surface area contributed by atoms with E-state index in [1.165, 1.54) is 23.5 Å². The highest BCUT2D eigenvalue weighted by Gasteiger charge is 2.18. The third-order valence-corrected chi connectivity index (χ3v) is 5.13. The molecule has 27 heavy (non-hydrogen) atoms. The lowest BCUT2D eigenvalue weighted by Crippen LogP contribution is -2.27. The van der Waals surface area contributed by atoms with Gasteiger partial charge >= 0.3 is 10.3 Å². The summed E-state index contributed by atoms with van der Waals surface area (Å²) in [6.07, 6.45) is 0. The number of carbonyl (C=O) groups is 1. The Hall–Kier alpha value is -2.75. The number of thiazole rings is 1. The highest BCUT2D eigenvalue weighted by Crippen LogP contribution is 2.27. The Morgan fingerprint density at radius 3 is 2.44 bits per heavy atom. The van der Waals surface area contributed by atoms with Gasteiger partial charge in [-0.1, -0.05) is 18.2 Å². The first-order valence-electron chi connectivity index (χ1n) is 7.86. The van der Waals surface area contributed by atoms with E-state index < -0.39 is 10.3 Å². The van der Waals surface area contributed by atoms with Gasteiger partial charge in [-0.2, -0.15) is 13.6 Å². The predicted octanol–water partition coefficient (Wildman–Crippen LogP) is 2.98. The van der Waals surface area contributed by atoms with Crippen LogP contribution in [0.3, 0.4) is 0 Å². The molecule has 0 aliphatic carbocycles. The number of nitrogens with two attached hydrogens (primary N) is 1. The Bertz CT molecular complexity index is 1080. The Morgan fingerprint density at radius 1 is 1.15 bits per heavy atom. The van der Waals surface area contributed by atoms with Gasteiger partial charge in [0.25, 0.3) is 5.91 Å². The van der Waals surface area contributed by atoms with Gasteiger partial charge in [0, 0.05) is 23.7 Å². The van der Waals surface area contributed by atoms with Crippen molar-refractivity contribution in [3.8, 4) is 16.3 Å². The molecule has 7 nitrogen and oxygen atoms in total. The van der Waals surface area contributed by atoms with E-state index in [9.17, 15) is 13.2 Å². The summed E-state index contributed by atoms with van der Waals surface area (Å²) < 4.78 is 26.5. The number of amides is 1. The fraction of sp³-hybridized carbons (Fsp3) is 0.111. The molecule has 0 unspecified atom stereocenters. The molecule has 0 atom stereocenters. The van der Waals surface area contributed by atoms with Crippen molar-refractivity contribution in [2.45, 2.75) is 6.92 Å². The number of benzene rings is 2. The van der Waals surface area contributed by atoms with Gasteiger partial charge in [0.15, 0.2) is 0 Å². The van der Waals surface area contributed by atoms with Crippen LogP contribution < -0.4 is 14.2 Å². The maximum atomic E-state index is 12.7. The zero-order valence-corrected chi connectivity index (χ0v) is 16.3. The quantitative estimate of drug-likeness (QED) is 0.705. The summed E-state index contributed by atoms with van der Waals surface area (Å²) in [5, 5.41) is 7.17. The van der Waals surface area contributed by atoms with Crippen LogP contribution in [0.1, 0.15) is 16.1 Å². The number of anilines is 1. The van der Waals surface area contributed by atoms with Gasteiger partial charge < -0.3 is 9.08 Å². The topological polar surface area (TPSA) is 103 Å². The molecule has 0 bridgehead atoms. The second-order valence-corrected chi connectivity index (χ2v) is 7.80. The molecule has 0 saturated heterocycles. The Balaban J connectivity index is 1.80. The zero-order chi connectivity index (χ0) is 19.6. The monoisotopic (exact) mass is 403 g/mol. The molecule has 3 aromatic rings. The Kier molecular flexibility index (Phi) is 5.26. The average molecular weight is 403 g/mol. The van der Waals surface area contributed by atoms with Crippen molar-refractivity contribution in [2.75, 3.05) is 11.9 Å². The van der Waals surface area contributed by atoms with Gasteiger partial charge in [-0.25, -0.2) is 4.98 Å². The molecule has 9 heteroatoms. The van der Waals surface area contributed by atoms with Gasteiger partial charge in [0.2, 0.25) is 0 Å². The molecule has 0 saturated carbocycles. The standard InChI is InChI=1S/C18H17N3O4S2/c1-12-5-3-4-6-16(12)21(2)18(22)15-11-26-17(20-15)13-7-9-14(10-8-13)25-27(19,23)24/h3-11H,1-2H3,(H2,19,23,24). The van der Waals surface area contributed by atoms with Crippen LogP contribution >= 0.6 is 11.3 Å². The highest BCUT2D eigenvalue weighted by molar-refractivity contribution is 7.84. The van der Waals surface area contributed by atoms with E-state index in [0.717, 1.165) is 16.8 Å². The van der Waals surface area contributed by atoms with E-state index >= 15 is 0 Å². The van der Waals surface area contributed by atoms with Crippen LogP contribution in [-0.2, 0) is 10.3 Å². The van der Waals surface area contributed by atoms with E-state index in [0.29, 0.717) is 10.7 Å². The second kappa shape index (κ2) is 7.47. The first kappa shape index (κ1) is 19.0. The van der Waals surface area contributed by atoms with Crippen molar-refractivity contribution in [1.82, 2.24) is 4.98 Å². The molecule has 1 amide bonds. The summed E-state index contributed by atoms with van der Waals surface area (Å²) in [6.45, 7) is 1.94. The number of carbonyl (C=O) groups excluding carboxylic acids is 1. The molecule has 0 spiro atoms. The summed E-state index contributed by atoms with van der Waals surface area (Å²) >= 11 is 1.32. The van der Waals surface area contributed by atoms with E-state index in [-0.39, 0.29) is 11.7 Å². The number of rotatable bonds is 5. The minimum absolute atomic E-state index is 0.105. The summed E-state index contributed by atoms with van der Waals surface area (Å²) in [6, 6.07) is 13.9. The summed E-state index contributed by atoms with van der Waals surface area (Å²) in [4.78, 5) is 18.7. The lowest BCUT2D eigenvalue weighted by molar-refractivity contribution is 0.0989. The third kappa shape index (κ3) is 4.51. The summed E-state index contributed by atoms with van der Waals surface area (Å²) in [5.41, 5.74) is 2.89. The lowest BCUT2D eigenvalue weighted by atomic mass is 10.2. The van der Waals surface area contributed by atoms with Gasteiger partial charge in [-0.05, 0) is 42.8 Å². The molecule has 2 N–H and O–H groups in total. The van der Waals surface area contributed by atoms with Crippen LogP contribution in [0, 0.1) is 6.92 Å². The molecule has 1 aromatic heterocycles. The van der Waals surface area contributed by atoms with Crippen LogP contribution in [0.15, 0.2) is 53.9 Å². The summed E-state index contributed by atoms with van der Waals surface area (Å²) in [5.74, 6) is -0.102. The minimum atomic E-state index is -4.06. The van der Waals surface area contributed by atoms with Crippen LogP contribution in [0.25, 0.3) is 10.6 Å². The smallest absolute Gasteiger partial charge is 0.371 e. The number of hydrogen-bond donors (Lipinski definition) is 1. The van der Waals surface area contributed by atoms with Crippen molar-refractivity contribution in [3.05, 3.63) is 65.2 Å². The van der Waals surface area contributed by atoms with Crippen LogP contribution in [0.4, 0.5) is 5.69 Å². The van der Waals surface area contributed by atoms with Gasteiger partial charge in [0.1, 0.15) is 16.5 Å². The molecule has 0 aliphatic heterocycles. The number of aromatic nitrogens is 1. The largest absolute Gasteiger partial charge is 0.380 e. The molecular weight excluding hydrogens is 386 g/mol. The molecule has 0 radical (unpaired) electrons. The van der Waals surface area contributed by atoms with Crippen LogP contribution in [-0.4, -0.2) is 26.4 Å². The second-order valence-electron chi connectivity index (χ2n) is 5.79. The normalized spacial score (nSPS) is 11.2. The van der Waals surface area contributed by atoms with E-state index in [2.05, 4.69) is 9.17 Å². The lowest BCUT2D eigenvalue weighted by Gasteiger charge is -2.18. The molecule has 1 heterocycles. The zero-order valence-electron chi connectivity index (χ0n) is 14.6. The fourth-order valence-corrected chi connectivity index (χ4v) is 3.69. The number of hydrogen-bond acceptors (Lipinski definition) is 6. The first-order valence-corrected chi connectivity index (χ1v) is 10.2. The van der Waals surface area contributed by atoms with Gasteiger partial charge in [0.05, 0.1) is 0 Å². The van der Waals surface area contributed by atoms with Crippen molar-refractivity contribution in [1.29, 1.82) is 0 Å². The van der Waals surface area contributed by atoms with Crippen LogP contribution in [0.2, 0.25) is 0 Å². The molecule has 0 fully saturated rings. The molecule has 2 aromatic carbocycles. The van der Waals surface area contributed by atoms with Crippen LogP contribution in [0.5, 0.6) is 5.75 Å². The Morgan fingerprint density at radius 2 is 1.81 bits per heavy atom. The Labute approximate surface area is 161 Å². The average Bonchev–Trinajstić information content (AvgIpc) is 3.10. The number of aryl methyl sites for hydroxylation is 1.